The third-order valence-corrected chi connectivity index (χ3v) is 19.6. The summed E-state index contributed by atoms with van der Waals surface area (Å²) in [7, 11) is -0.982. The minimum atomic E-state index is -2.63. The van der Waals surface area contributed by atoms with Crippen LogP contribution in [0.4, 0.5) is 17.1 Å². The van der Waals surface area contributed by atoms with Crippen LogP contribution in [0, 0.1) is 17.8 Å². The molecule has 3 saturated heterocycles. The van der Waals surface area contributed by atoms with Crippen molar-refractivity contribution >= 4 is 54.0 Å². The van der Waals surface area contributed by atoms with Gasteiger partial charge < -0.3 is 45.6 Å². The van der Waals surface area contributed by atoms with Crippen LogP contribution in [0.5, 0.6) is 5.75 Å². The number of ether oxygens (including phenoxy) is 2. The van der Waals surface area contributed by atoms with Crippen molar-refractivity contribution in [3.05, 3.63) is 113 Å². The third-order valence-electron chi connectivity index (χ3n) is 15.3. The highest BCUT2D eigenvalue weighted by Gasteiger charge is 2.66. The van der Waals surface area contributed by atoms with Crippen LogP contribution in [0.1, 0.15) is 61.3 Å². The average molecular weight is 913 g/mol. The second-order valence-electron chi connectivity index (χ2n) is 19.6. The molecule has 348 valence electrons. The van der Waals surface area contributed by atoms with Gasteiger partial charge in [-0.3, -0.25) is 19.2 Å². The monoisotopic (exact) mass is 912 g/mol. The number of hydrogen-bond donors (Lipinski definition) is 5. The first kappa shape index (κ1) is 45.8. The van der Waals surface area contributed by atoms with E-state index in [2.05, 4.69) is 59.5 Å². The lowest BCUT2D eigenvalue weighted by Crippen LogP contribution is -2.52. The molecule has 0 aromatic heterocycles. The van der Waals surface area contributed by atoms with Crippen molar-refractivity contribution in [3.63, 3.8) is 0 Å². The number of rotatable bonds is 12. The van der Waals surface area contributed by atoms with E-state index in [9.17, 15) is 19.5 Å². The molecule has 4 amide bonds. The van der Waals surface area contributed by atoms with Crippen LogP contribution in [-0.4, -0.2) is 93.8 Å². The van der Waals surface area contributed by atoms with Gasteiger partial charge in [-0.15, -0.1) is 0 Å². The Morgan fingerprint density at radius 2 is 1.50 bits per heavy atom. The van der Waals surface area contributed by atoms with Gasteiger partial charge in [-0.05, 0) is 110 Å². The molecule has 0 aliphatic carbocycles. The first-order chi connectivity index (χ1) is 31.9. The van der Waals surface area contributed by atoms with Crippen molar-refractivity contribution in [3.8, 4) is 5.75 Å². The molecule has 9 rings (SSSR count). The van der Waals surface area contributed by atoms with E-state index in [4.69, 9.17) is 9.47 Å². The van der Waals surface area contributed by atoms with Gasteiger partial charge >= 0.3 is 0 Å². The van der Waals surface area contributed by atoms with E-state index >= 15 is 4.79 Å². The maximum absolute atomic E-state index is 15.7. The summed E-state index contributed by atoms with van der Waals surface area (Å²) < 4.78 is 13.0. The summed E-state index contributed by atoms with van der Waals surface area (Å²) in [4.78, 5) is 60.9. The van der Waals surface area contributed by atoms with Gasteiger partial charge in [0.05, 0.1) is 64.4 Å². The van der Waals surface area contributed by atoms with Gasteiger partial charge in [0.1, 0.15) is 5.75 Å². The maximum atomic E-state index is 15.7. The number of piperidine rings is 2. The molecule has 5 heterocycles. The zero-order valence-electron chi connectivity index (χ0n) is 38.6. The van der Waals surface area contributed by atoms with Gasteiger partial charge in [0.2, 0.25) is 17.7 Å². The number of aliphatic hydroxyl groups is 1. The first-order valence-electron chi connectivity index (χ1n) is 23.8. The number of fused-ring (bicyclic) bond motifs is 3. The molecule has 1 spiro atoms. The molecular weight excluding hydrogens is 849 g/mol. The molecule has 13 nitrogen and oxygen atoms in total. The quantitative estimate of drug-likeness (QED) is 0.113. The molecule has 5 aliphatic rings. The predicted molar refractivity (Wildman–Crippen MR) is 258 cm³/mol. The summed E-state index contributed by atoms with van der Waals surface area (Å²) in [6.45, 7) is 10.2. The van der Waals surface area contributed by atoms with Crippen molar-refractivity contribution in [2.45, 2.75) is 94.9 Å². The van der Waals surface area contributed by atoms with Crippen LogP contribution in [0.25, 0.3) is 0 Å². The number of anilines is 3. The van der Waals surface area contributed by atoms with Gasteiger partial charge in [-0.2, -0.15) is 0 Å². The Bertz CT molecular complexity index is 2440. The number of benzene rings is 4. The largest absolute Gasteiger partial charge is 0.497 e. The van der Waals surface area contributed by atoms with Gasteiger partial charge in [0.15, 0.2) is 5.60 Å². The molecule has 4 aromatic carbocycles. The number of aliphatic hydroxyl groups excluding tert-OH is 1. The highest BCUT2D eigenvalue weighted by Crippen LogP contribution is 2.60. The van der Waals surface area contributed by atoms with Crippen LogP contribution < -0.4 is 36.1 Å². The smallest absolute Gasteiger partial charge is 0.264 e. The van der Waals surface area contributed by atoms with E-state index in [0.717, 1.165) is 66.4 Å². The van der Waals surface area contributed by atoms with E-state index in [1.807, 2.05) is 72.8 Å². The number of amides is 4. The zero-order valence-corrected chi connectivity index (χ0v) is 39.6. The number of carbonyl (C=O) groups is 4. The summed E-state index contributed by atoms with van der Waals surface area (Å²) >= 11 is 0. The lowest BCUT2D eigenvalue weighted by Gasteiger charge is -2.39. The van der Waals surface area contributed by atoms with Crippen LogP contribution in [0.15, 0.2) is 91.0 Å². The predicted octanol–water partition coefficient (Wildman–Crippen LogP) is 5.67. The topological polar surface area (TPSA) is 162 Å². The number of carbonyl (C=O) groups excluding carboxylic acids is 4. The van der Waals surface area contributed by atoms with Crippen LogP contribution in [0.3, 0.4) is 0 Å². The van der Waals surface area contributed by atoms with E-state index < -0.39 is 25.7 Å². The Kier molecular flexibility index (Phi) is 13.2. The molecule has 5 aliphatic heterocycles. The van der Waals surface area contributed by atoms with Crippen molar-refractivity contribution in [2.24, 2.45) is 17.8 Å². The Morgan fingerprint density at radius 1 is 0.864 bits per heavy atom. The number of nitrogens with zero attached hydrogens (tertiary/aromatic N) is 2. The Balaban J connectivity index is 1.08. The van der Waals surface area contributed by atoms with E-state index in [1.165, 1.54) is 0 Å². The molecule has 5 N–H and O–H groups in total. The molecule has 4 aromatic rings. The average Bonchev–Trinajstić information content (AvgIpc) is 3.77. The summed E-state index contributed by atoms with van der Waals surface area (Å²) in [6.07, 6.45) is 3.46. The molecule has 66 heavy (non-hydrogen) atoms. The van der Waals surface area contributed by atoms with Gasteiger partial charge in [0.25, 0.3) is 5.91 Å². The lowest BCUT2D eigenvalue weighted by atomic mass is 9.82. The van der Waals surface area contributed by atoms with Crippen molar-refractivity contribution in [2.75, 3.05) is 55.4 Å². The van der Waals surface area contributed by atoms with Gasteiger partial charge in [-0.25, -0.2) is 0 Å². The summed E-state index contributed by atoms with van der Waals surface area (Å²) in [5.74, 6) is -0.319. The van der Waals surface area contributed by atoms with Crippen LogP contribution in [-0.2, 0) is 49.0 Å². The number of nitrogens with one attached hydrogen (secondary N) is 4. The molecule has 14 heteroatoms. The summed E-state index contributed by atoms with van der Waals surface area (Å²) in [5, 5.41) is 24.7. The van der Waals surface area contributed by atoms with Crippen molar-refractivity contribution in [1.29, 1.82) is 0 Å². The molecule has 3 fully saturated rings. The fourth-order valence-electron chi connectivity index (χ4n) is 11.6. The lowest BCUT2D eigenvalue weighted by molar-refractivity contribution is -0.151. The van der Waals surface area contributed by atoms with E-state index in [0.29, 0.717) is 48.7 Å². The standard InChI is InChI=1S/C52H64N6O7Si/c1-33-48(66(3,4)43-20-18-42(64-2)19-21-43)46(27-47(60)57-31-38-10-6-5-9-35(38)25-41(57)32-59)65-52(33)44-26-40(56-50(62)37-12-8-24-54-29-37)17-22-45(44)58(51(52)63)30-34-13-15-39(16-14-34)55-49(61)36-11-7-23-53-28-36/h5-6,9-10,13-22,26,33,36-37,41,46,48,53-54,59H,7-8,11-12,23-25,27-32H2,1-4H3,(H,55,61)(H,56,62)/t33-,36?,37?,41+,46+,48-,52+/m1/s1. The molecule has 0 saturated carbocycles. The molecule has 0 bridgehead atoms. The molecule has 7 atom stereocenters. The van der Waals surface area contributed by atoms with E-state index in [-0.39, 0.29) is 66.6 Å². The Labute approximate surface area is 389 Å². The Hall–Kier alpha value is -5.38. The normalized spacial score (nSPS) is 26.2. The summed E-state index contributed by atoms with van der Waals surface area (Å²) in [5.41, 5.74) is 4.00. The van der Waals surface area contributed by atoms with Crippen molar-refractivity contribution in [1.82, 2.24) is 15.5 Å². The summed E-state index contributed by atoms with van der Waals surface area (Å²) in [6, 6.07) is 29.2. The minimum absolute atomic E-state index is 0.00348. The second-order valence-corrected chi connectivity index (χ2v) is 24.3. The van der Waals surface area contributed by atoms with Gasteiger partial charge in [-0.1, -0.05) is 73.7 Å². The number of hydrogen-bond acceptors (Lipinski definition) is 9. The zero-order chi connectivity index (χ0) is 46.2. The Morgan fingerprint density at radius 3 is 2.12 bits per heavy atom. The SMILES string of the molecule is COc1ccc([Si](C)(C)[C@H]2[C@H](CC(=O)N3Cc4ccccc4C[C@H]3CO)O[C@@]3(C(=O)N(Cc4ccc(NC(=O)C5CCCNC5)cc4)c4ccc(NC(=O)C5CCCNC5)cc43)[C@@H]2C)cc1. The van der Waals surface area contributed by atoms with Crippen molar-refractivity contribution < 1.29 is 33.8 Å². The maximum Gasteiger partial charge on any atom is 0.264 e. The number of methoxy groups -OCH3 is 1. The third kappa shape index (κ3) is 8.69. The molecule has 2 unspecified atom stereocenters. The van der Waals surface area contributed by atoms with E-state index in [1.54, 1.807) is 16.9 Å². The highest BCUT2D eigenvalue weighted by molar-refractivity contribution is 6.91. The fourth-order valence-corrected chi connectivity index (χ4v) is 15.6. The molecular formula is C52H64N6O7Si. The molecule has 0 radical (unpaired) electrons. The highest BCUT2D eigenvalue weighted by atomic mass is 28.3. The fraction of sp³-hybridized carbons (Fsp3) is 0.462. The minimum Gasteiger partial charge on any atom is -0.497 e. The van der Waals surface area contributed by atoms with Crippen LogP contribution >= 0.6 is 0 Å². The van der Waals surface area contributed by atoms with Crippen LogP contribution in [0.2, 0.25) is 18.6 Å². The van der Waals surface area contributed by atoms with Gasteiger partial charge in [0, 0.05) is 42.5 Å². The second kappa shape index (κ2) is 19.1. The first-order valence-corrected chi connectivity index (χ1v) is 26.9.